The quantitative estimate of drug-likeness (QED) is 0.135. The lowest BCUT2D eigenvalue weighted by Gasteiger charge is -2.39. The highest BCUT2D eigenvalue weighted by molar-refractivity contribution is 7.09. The van der Waals surface area contributed by atoms with E-state index < -0.39 is 5.60 Å². The van der Waals surface area contributed by atoms with Gasteiger partial charge in [-0.05, 0) is 80.1 Å². The van der Waals surface area contributed by atoms with Gasteiger partial charge < -0.3 is 33.3 Å². The molecule has 0 bridgehead atoms. The van der Waals surface area contributed by atoms with Crippen LogP contribution in [0.3, 0.4) is 0 Å². The molecule has 1 aliphatic heterocycles. The zero-order chi connectivity index (χ0) is 32.5. The number of fused-ring (bicyclic) bond motifs is 1. The van der Waals surface area contributed by atoms with E-state index in [-0.39, 0.29) is 18.1 Å². The van der Waals surface area contributed by atoms with Gasteiger partial charge in [0.15, 0.2) is 0 Å². The highest BCUT2D eigenvalue weighted by atomic mass is 32.1. The average Bonchev–Trinajstić information content (AvgIpc) is 3.58. The monoisotopic (exact) mass is 647 g/mol. The number of benzene rings is 3. The van der Waals surface area contributed by atoms with Crippen LogP contribution in [0, 0.1) is 0 Å². The molecule has 1 aromatic heterocycles. The largest absolute Gasteiger partial charge is 0.496 e. The molecule has 2 heterocycles. The van der Waals surface area contributed by atoms with Crippen molar-refractivity contribution in [2.45, 2.75) is 64.4 Å². The number of carbonyl (C=O) groups is 1. The van der Waals surface area contributed by atoms with Crippen LogP contribution in [0.15, 0.2) is 72.1 Å². The summed E-state index contributed by atoms with van der Waals surface area (Å²) >= 11 is 1.70. The van der Waals surface area contributed by atoms with E-state index in [1.54, 1.807) is 30.5 Å². The second-order valence-corrected chi connectivity index (χ2v) is 13.5. The van der Waals surface area contributed by atoms with Crippen molar-refractivity contribution in [1.82, 2.24) is 4.90 Å². The Morgan fingerprint density at radius 3 is 2.43 bits per heavy atom. The first-order chi connectivity index (χ1) is 22.2. The molecule has 1 aliphatic rings. The van der Waals surface area contributed by atoms with Crippen molar-refractivity contribution in [3.8, 4) is 17.2 Å². The lowest BCUT2D eigenvalue weighted by atomic mass is 9.87. The smallest absolute Gasteiger partial charge is 0.410 e. The SMILES string of the molecule is COc1cc(COC2CN(C(=O)OC(C)(C)C)CCC2c2ccc(OCCCOCc3cccs3)cc2)cc2c(OC)cccc12. The molecule has 8 nitrogen and oxygen atoms in total. The molecule has 0 N–H and O–H groups in total. The fourth-order valence-electron chi connectivity index (χ4n) is 5.70. The maximum atomic E-state index is 13.0. The van der Waals surface area contributed by atoms with Gasteiger partial charge in [0.2, 0.25) is 0 Å². The molecule has 0 radical (unpaired) electrons. The number of carbonyl (C=O) groups excluding carboxylic acids is 1. The highest BCUT2D eigenvalue weighted by Crippen LogP contribution is 2.36. The minimum atomic E-state index is -0.572. The van der Waals surface area contributed by atoms with Gasteiger partial charge >= 0.3 is 6.09 Å². The number of ether oxygens (including phenoxy) is 6. The third-order valence-electron chi connectivity index (χ3n) is 7.93. The Hall–Kier alpha value is -3.79. The molecule has 4 aromatic rings. The number of amides is 1. The summed E-state index contributed by atoms with van der Waals surface area (Å²) in [6, 6.07) is 22.4. The third-order valence-corrected chi connectivity index (χ3v) is 8.78. The van der Waals surface area contributed by atoms with Gasteiger partial charge in [0.05, 0.1) is 53.3 Å². The standard InChI is InChI=1S/C37H45NO7S/c1-37(2,3)45-36(39)38-17-16-30(27-12-14-28(15-13-27)43-19-8-18-42-25-29-9-7-20-46-29)35(23-38)44-24-26-21-32-31(34(22-26)41-5)10-6-11-33(32)40-4/h6-7,9-15,20-22,30,35H,8,16-19,23-25H2,1-5H3. The van der Waals surface area contributed by atoms with Crippen molar-refractivity contribution in [1.29, 1.82) is 0 Å². The van der Waals surface area contributed by atoms with Crippen molar-refractivity contribution in [2.75, 3.05) is 40.5 Å². The van der Waals surface area contributed by atoms with E-state index in [0.29, 0.717) is 39.5 Å². The fraction of sp³-hybridized carbons (Fsp3) is 0.432. The maximum Gasteiger partial charge on any atom is 0.410 e. The van der Waals surface area contributed by atoms with Crippen molar-refractivity contribution >= 4 is 28.2 Å². The summed E-state index contributed by atoms with van der Waals surface area (Å²) in [6.45, 7) is 8.90. The number of rotatable bonds is 13. The molecule has 1 fully saturated rings. The summed E-state index contributed by atoms with van der Waals surface area (Å²) in [5.41, 5.74) is 1.54. The zero-order valence-corrected chi connectivity index (χ0v) is 28.3. The van der Waals surface area contributed by atoms with Gasteiger partial charge in [0, 0.05) is 34.5 Å². The second-order valence-electron chi connectivity index (χ2n) is 12.4. The topological polar surface area (TPSA) is 75.7 Å². The molecule has 2 atom stereocenters. The lowest BCUT2D eigenvalue weighted by Crippen LogP contribution is -2.48. The predicted molar refractivity (Wildman–Crippen MR) is 181 cm³/mol. The van der Waals surface area contributed by atoms with E-state index in [0.717, 1.165) is 52.0 Å². The molecule has 2 unspecified atom stereocenters. The van der Waals surface area contributed by atoms with Crippen molar-refractivity contribution in [3.05, 3.63) is 88.1 Å². The number of methoxy groups -OCH3 is 2. The first-order valence-electron chi connectivity index (χ1n) is 15.8. The number of thiophene rings is 1. The lowest BCUT2D eigenvalue weighted by molar-refractivity contribution is -0.0359. The second kappa shape index (κ2) is 15.7. The van der Waals surface area contributed by atoms with Crippen LogP contribution in [0.2, 0.25) is 0 Å². The van der Waals surface area contributed by atoms with E-state index in [1.807, 2.05) is 63.2 Å². The minimum absolute atomic E-state index is 0.0928. The summed E-state index contributed by atoms with van der Waals surface area (Å²) in [5, 5.41) is 4.00. The Kier molecular flexibility index (Phi) is 11.4. The van der Waals surface area contributed by atoms with Crippen LogP contribution in [0.5, 0.6) is 17.2 Å². The number of likely N-dealkylation sites (tertiary alicyclic amines) is 1. The molecular formula is C37H45NO7S. The first-order valence-corrected chi connectivity index (χ1v) is 16.7. The summed E-state index contributed by atoms with van der Waals surface area (Å²) < 4.78 is 35.4. The molecule has 3 aromatic carbocycles. The molecule has 1 amide bonds. The van der Waals surface area contributed by atoms with Gasteiger partial charge in [-0.3, -0.25) is 0 Å². The Morgan fingerprint density at radius 1 is 0.913 bits per heavy atom. The van der Waals surface area contributed by atoms with Crippen LogP contribution >= 0.6 is 11.3 Å². The van der Waals surface area contributed by atoms with Gasteiger partial charge in [-0.15, -0.1) is 11.3 Å². The van der Waals surface area contributed by atoms with Crippen LogP contribution in [0.1, 0.15) is 55.5 Å². The van der Waals surface area contributed by atoms with Gasteiger partial charge in [-0.2, -0.15) is 0 Å². The van der Waals surface area contributed by atoms with Gasteiger partial charge in [0.1, 0.15) is 22.8 Å². The first kappa shape index (κ1) is 33.6. The molecule has 9 heteroatoms. The molecule has 0 saturated carbocycles. The van der Waals surface area contributed by atoms with Gasteiger partial charge in [0.25, 0.3) is 0 Å². The van der Waals surface area contributed by atoms with Crippen LogP contribution in [-0.2, 0) is 27.4 Å². The van der Waals surface area contributed by atoms with Crippen LogP contribution in [0.25, 0.3) is 10.8 Å². The van der Waals surface area contributed by atoms with E-state index in [9.17, 15) is 4.79 Å². The summed E-state index contributed by atoms with van der Waals surface area (Å²) in [5.74, 6) is 2.45. The number of piperidine rings is 1. The number of nitrogens with zero attached hydrogens (tertiary/aromatic N) is 1. The van der Waals surface area contributed by atoms with Crippen molar-refractivity contribution < 1.29 is 33.2 Å². The van der Waals surface area contributed by atoms with E-state index in [2.05, 4.69) is 29.6 Å². The van der Waals surface area contributed by atoms with Gasteiger partial charge in [-0.25, -0.2) is 4.79 Å². The van der Waals surface area contributed by atoms with E-state index in [1.165, 1.54) is 4.88 Å². The molecular weight excluding hydrogens is 602 g/mol. The normalized spacial score (nSPS) is 16.8. The van der Waals surface area contributed by atoms with Crippen molar-refractivity contribution in [2.24, 2.45) is 0 Å². The molecule has 1 saturated heterocycles. The van der Waals surface area contributed by atoms with E-state index in [4.69, 9.17) is 28.4 Å². The summed E-state index contributed by atoms with van der Waals surface area (Å²) in [7, 11) is 3.34. The molecule has 0 aliphatic carbocycles. The highest BCUT2D eigenvalue weighted by Gasteiger charge is 2.35. The minimum Gasteiger partial charge on any atom is -0.496 e. The van der Waals surface area contributed by atoms with Crippen LogP contribution < -0.4 is 14.2 Å². The maximum absolute atomic E-state index is 13.0. The Bertz CT molecular complexity index is 1550. The average molecular weight is 648 g/mol. The Balaban J connectivity index is 1.25. The molecule has 5 rings (SSSR count). The summed E-state index contributed by atoms with van der Waals surface area (Å²) in [4.78, 5) is 16.0. The molecule has 246 valence electrons. The fourth-order valence-corrected chi connectivity index (χ4v) is 6.34. The van der Waals surface area contributed by atoms with Crippen LogP contribution in [0.4, 0.5) is 4.79 Å². The Labute approximate surface area is 276 Å². The zero-order valence-electron chi connectivity index (χ0n) is 27.5. The molecule has 46 heavy (non-hydrogen) atoms. The predicted octanol–water partition coefficient (Wildman–Crippen LogP) is 8.21. The molecule has 0 spiro atoms. The Morgan fingerprint density at radius 2 is 1.72 bits per heavy atom. The number of hydrogen-bond donors (Lipinski definition) is 0. The van der Waals surface area contributed by atoms with Gasteiger partial charge in [-0.1, -0.05) is 30.3 Å². The summed E-state index contributed by atoms with van der Waals surface area (Å²) in [6.07, 6.45) is 1.01. The number of hydrogen-bond acceptors (Lipinski definition) is 8. The van der Waals surface area contributed by atoms with Crippen molar-refractivity contribution in [3.63, 3.8) is 0 Å². The van der Waals surface area contributed by atoms with Crippen LogP contribution in [-0.4, -0.2) is 63.2 Å². The third kappa shape index (κ3) is 8.93. The van der Waals surface area contributed by atoms with E-state index >= 15 is 0 Å².